The highest BCUT2D eigenvalue weighted by Gasteiger charge is 2.34. The number of rotatable bonds is 6. The third-order valence-corrected chi connectivity index (χ3v) is 5.48. The Kier molecular flexibility index (Phi) is 5.56. The molecule has 128 valence electrons. The van der Waals surface area contributed by atoms with Gasteiger partial charge in [0.25, 0.3) is 11.8 Å². The largest absolute Gasteiger partial charge is 0.353 e. The summed E-state index contributed by atoms with van der Waals surface area (Å²) >= 11 is 1.46. The zero-order valence-electron chi connectivity index (χ0n) is 13.6. The maximum Gasteiger partial charge on any atom is 0.261 e. The molecular weight excluding hydrogens is 324 g/mol. The lowest BCUT2D eigenvalue weighted by Gasteiger charge is -2.22. The van der Waals surface area contributed by atoms with Crippen molar-refractivity contribution in [2.24, 2.45) is 0 Å². The van der Waals surface area contributed by atoms with E-state index in [1.807, 2.05) is 0 Å². The molecule has 1 fully saturated rings. The van der Waals surface area contributed by atoms with Crippen LogP contribution in [0.15, 0.2) is 24.3 Å². The molecule has 1 aliphatic heterocycles. The Hall–Kier alpha value is -1.82. The molecule has 1 saturated carbocycles. The summed E-state index contributed by atoms with van der Waals surface area (Å²) < 4.78 is 0. The van der Waals surface area contributed by atoms with Crippen LogP contribution in [0.2, 0.25) is 0 Å². The maximum absolute atomic E-state index is 12.2. The molecule has 0 bridgehead atoms. The maximum atomic E-state index is 12.2. The van der Waals surface area contributed by atoms with Gasteiger partial charge in [-0.25, -0.2) is 0 Å². The van der Waals surface area contributed by atoms with Crippen molar-refractivity contribution >= 4 is 29.5 Å². The number of nitrogens with zero attached hydrogens (tertiary/aromatic N) is 1. The van der Waals surface area contributed by atoms with E-state index in [0.29, 0.717) is 35.2 Å². The Morgan fingerprint density at radius 3 is 2.33 bits per heavy atom. The Bertz CT molecular complexity index is 606. The number of carbonyl (C=O) groups is 3. The van der Waals surface area contributed by atoms with Gasteiger partial charge in [-0.15, -0.1) is 0 Å². The molecule has 0 atom stereocenters. The van der Waals surface area contributed by atoms with Crippen molar-refractivity contribution in [3.63, 3.8) is 0 Å². The van der Waals surface area contributed by atoms with Gasteiger partial charge in [0, 0.05) is 18.3 Å². The third-order valence-electron chi connectivity index (χ3n) is 4.54. The van der Waals surface area contributed by atoms with Crippen LogP contribution in [0, 0.1) is 0 Å². The zero-order chi connectivity index (χ0) is 16.9. The lowest BCUT2D eigenvalue weighted by Crippen LogP contribution is -2.37. The Balaban J connectivity index is 1.40. The first-order chi connectivity index (χ1) is 11.7. The van der Waals surface area contributed by atoms with E-state index >= 15 is 0 Å². The smallest absolute Gasteiger partial charge is 0.261 e. The minimum absolute atomic E-state index is 0.0502. The molecule has 0 radical (unpaired) electrons. The van der Waals surface area contributed by atoms with Crippen LogP contribution < -0.4 is 5.32 Å². The topological polar surface area (TPSA) is 66.5 Å². The van der Waals surface area contributed by atoms with Gasteiger partial charge in [0.2, 0.25) is 5.91 Å². The van der Waals surface area contributed by atoms with Gasteiger partial charge in [-0.1, -0.05) is 31.4 Å². The van der Waals surface area contributed by atoms with Crippen molar-refractivity contribution in [1.29, 1.82) is 0 Å². The average molecular weight is 346 g/mol. The molecule has 3 rings (SSSR count). The number of hydrogen-bond acceptors (Lipinski definition) is 4. The minimum Gasteiger partial charge on any atom is -0.353 e. The summed E-state index contributed by atoms with van der Waals surface area (Å²) in [5, 5.41) is 3.07. The van der Waals surface area contributed by atoms with Crippen LogP contribution in [0.1, 0.15) is 52.8 Å². The van der Waals surface area contributed by atoms with Gasteiger partial charge in [-0.2, -0.15) is 11.8 Å². The lowest BCUT2D eigenvalue weighted by atomic mass is 9.95. The molecule has 3 amide bonds. The van der Waals surface area contributed by atoms with E-state index in [1.165, 1.54) is 35.9 Å². The van der Waals surface area contributed by atoms with Crippen LogP contribution in [0.25, 0.3) is 0 Å². The summed E-state index contributed by atoms with van der Waals surface area (Å²) in [6.07, 6.45) is 5.80. The third kappa shape index (κ3) is 3.80. The molecule has 1 aromatic carbocycles. The Labute approximate surface area is 146 Å². The Morgan fingerprint density at radius 2 is 1.71 bits per heavy atom. The number of benzene rings is 1. The van der Waals surface area contributed by atoms with Gasteiger partial charge < -0.3 is 5.32 Å². The fourth-order valence-corrected chi connectivity index (χ4v) is 4.00. The first kappa shape index (κ1) is 17.0. The van der Waals surface area contributed by atoms with Crippen LogP contribution in [0.4, 0.5) is 0 Å². The van der Waals surface area contributed by atoms with Gasteiger partial charge in [0.15, 0.2) is 0 Å². The fourth-order valence-electron chi connectivity index (χ4n) is 3.28. The average Bonchev–Trinajstić information content (AvgIpc) is 2.84. The van der Waals surface area contributed by atoms with E-state index in [4.69, 9.17) is 0 Å². The van der Waals surface area contributed by atoms with Gasteiger partial charge >= 0.3 is 0 Å². The van der Waals surface area contributed by atoms with E-state index in [9.17, 15) is 14.4 Å². The lowest BCUT2D eigenvalue weighted by molar-refractivity contribution is -0.119. The number of amides is 3. The van der Waals surface area contributed by atoms with Crippen LogP contribution in [0.3, 0.4) is 0 Å². The molecule has 0 aromatic heterocycles. The van der Waals surface area contributed by atoms with Crippen molar-refractivity contribution in [3.8, 4) is 0 Å². The van der Waals surface area contributed by atoms with Crippen molar-refractivity contribution in [3.05, 3.63) is 35.4 Å². The van der Waals surface area contributed by atoms with E-state index in [1.54, 1.807) is 24.3 Å². The molecule has 5 nitrogen and oxygen atoms in total. The molecule has 0 saturated heterocycles. The molecule has 0 unspecified atom stereocenters. The fraction of sp³-hybridized carbons (Fsp3) is 0.500. The van der Waals surface area contributed by atoms with Crippen molar-refractivity contribution in [2.45, 2.75) is 38.1 Å². The monoisotopic (exact) mass is 346 g/mol. The molecule has 2 aliphatic rings. The van der Waals surface area contributed by atoms with E-state index in [-0.39, 0.29) is 17.7 Å². The Morgan fingerprint density at radius 1 is 1.08 bits per heavy atom. The summed E-state index contributed by atoms with van der Waals surface area (Å²) in [7, 11) is 0. The van der Waals surface area contributed by atoms with E-state index in [0.717, 1.165) is 12.8 Å². The second kappa shape index (κ2) is 7.83. The highest BCUT2D eigenvalue weighted by Crippen LogP contribution is 2.22. The van der Waals surface area contributed by atoms with Gasteiger partial charge in [-0.05, 0) is 25.0 Å². The highest BCUT2D eigenvalue weighted by atomic mass is 32.2. The van der Waals surface area contributed by atoms with Crippen LogP contribution >= 0.6 is 11.8 Å². The molecule has 1 heterocycles. The molecular formula is C18H22N2O3S. The molecule has 1 aliphatic carbocycles. The summed E-state index contributed by atoms with van der Waals surface area (Å²) in [5.74, 6) is 0.531. The van der Waals surface area contributed by atoms with E-state index in [2.05, 4.69) is 5.32 Å². The number of carbonyl (C=O) groups excluding carboxylic acids is 3. The minimum atomic E-state index is -0.233. The van der Waals surface area contributed by atoms with Crippen LogP contribution in [0.5, 0.6) is 0 Å². The number of thioether (sulfide) groups is 1. The second-order valence-electron chi connectivity index (χ2n) is 6.26. The molecule has 1 N–H and O–H groups in total. The summed E-state index contributed by atoms with van der Waals surface area (Å²) in [6, 6.07) is 7.21. The van der Waals surface area contributed by atoms with Crippen molar-refractivity contribution in [1.82, 2.24) is 10.2 Å². The van der Waals surface area contributed by atoms with Crippen molar-refractivity contribution in [2.75, 3.05) is 18.1 Å². The van der Waals surface area contributed by atoms with Gasteiger partial charge in [-0.3, -0.25) is 19.3 Å². The quantitative estimate of drug-likeness (QED) is 0.635. The molecule has 6 heteroatoms. The van der Waals surface area contributed by atoms with E-state index < -0.39 is 0 Å². The second-order valence-corrected chi connectivity index (χ2v) is 7.37. The molecule has 0 spiro atoms. The molecule has 24 heavy (non-hydrogen) atoms. The highest BCUT2D eigenvalue weighted by molar-refractivity contribution is 7.99. The van der Waals surface area contributed by atoms with Crippen LogP contribution in [-0.4, -0.2) is 46.7 Å². The molecule has 1 aromatic rings. The van der Waals surface area contributed by atoms with Gasteiger partial charge in [0.05, 0.1) is 16.9 Å². The predicted molar refractivity (Wildman–Crippen MR) is 94.1 cm³/mol. The normalized spacial score (nSPS) is 17.9. The number of hydrogen-bond donors (Lipinski definition) is 1. The predicted octanol–water partition coefficient (Wildman–Crippen LogP) is 2.46. The SMILES string of the molecule is O=C(CSCCN1C(=O)c2ccccc2C1=O)NC1CCCCC1. The first-order valence-electron chi connectivity index (χ1n) is 8.49. The van der Waals surface area contributed by atoms with Crippen LogP contribution in [-0.2, 0) is 4.79 Å². The van der Waals surface area contributed by atoms with Gasteiger partial charge in [0.1, 0.15) is 0 Å². The summed E-state index contributed by atoms with van der Waals surface area (Å²) in [6.45, 7) is 0.341. The standard InChI is InChI=1S/C18H22N2O3S/c21-16(19-13-6-2-1-3-7-13)12-24-11-10-20-17(22)14-8-4-5-9-15(14)18(20)23/h4-5,8-9,13H,1-3,6-7,10-12H2,(H,19,21). The summed E-state index contributed by atoms with van der Waals surface area (Å²) in [5.41, 5.74) is 0.949. The number of imide groups is 1. The zero-order valence-corrected chi connectivity index (χ0v) is 14.4. The number of nitrogens with one attached hydrogen (secondary N) is 1. The summed E-state index contributed by atoms with van der Waals surface area (Å²) in [4.78, 5) is 37.6. The van der Waals surface area contributed by atoms with Crippen molar-refractivity contribution < 1.29 is 14.4 Å². The number of fused-ring (bicyclic) bond motifs is 1. The first-order valence-corrected chi connectivity index (χ1v) is 9.64.